The molecule has 80 valence electrons. The van der Waals surface area contributed by atoms with E-state index in [1.807, 2.05) is 0 Å². The van der Waals surface area contributed by atoms with E-state index in [2.05, 4.69) is 15.3 Å². The summed E-state index contributed by atoms with van der Waals surface area (Å²) in [5.41, 5.74) is 5.32. The van der Waals surface area contributed by atoms with Gasteiger partial charge in [0, 0.05) is 12.4 Å². The molecule has 0 saturated heterocycles. The molecule has 0 aliphatic heterocycles. The van der Waals surface area contributed by atoms with Gasteiger partial charge in [0.25, 0.3) is 0 Å². The Balaban J connectivity index is 2.52. The third-order valence-electron chi connectivity index (χ3n) is 1.55. The lowest BCUT2D eigenvalue weighted by atomic mass is 10.2. The fourth-order valence-corrected chi connectivity index (χ4v) is 0.863. The Labute approximate surface area is 85.3 Å². The molecule has 1 rings (SSSR count). The molecule has 1 aromatic rings. The zero-order valence-electron chi connectivity index (χ0n) is 7.75. The van der Waals surface area contributed by atoms with Gasteiger partial charge in [0.05, 0.1) is 18.7 Å². The van der Waals surface area contributed by atoms with Crippen molar-refractivity contribution in [1.29, 1.82) is 0 Å². The van der Waals surface area contributed by atoms with Crippen molar-refractivity contribution in [3.05, 3.63) is 18.6 Å². The number of carbonyl (C=O) groups excluding carboxylic acids is 1. The van der Waals surface area contributed by atoms with Crippen molar-refractivity contribution in [2.24, 2.45) is 5.73 Å². The van der Waals surface area contributed by atoms with Gasteiger partial charge in [-0.2, -0.15) is 0 Å². The largest absolute Gasteiger partial charge is 0.481 e. The smallest absolute Gasteiger partial charge is 0.305 e. The molecule has 4 N–H and O–H groups in total. The number of carbonyl (C=O) groups is 2. The van der Waals surface area contributed by atoms with Gasteiger partial charge in [-0.05, 0) is 0 Å². The monoisotopic (exact) mass is 210 g/mol. The molecule has 0 radical (unpaired) electrons. The summed E-state index contributed by atoms with van der Waals surface area (Å²) >= 11 is 0. The molecule has 1 amide bonds. The first-order valence-corrected chi connectivity index (χ1v) is 4.14. The summed E-state index contributed by atoms with van der Waals surface area (Å²) in [6.45, 7) is 0. The Bertz CT molecular complexity index is 354. The van der Waals surface area contributed by atoms with Gasteiger partial charge in [-0.15, -0.1) is 0 Å². The Hall–Kier alpha value is -2.02. The molecule has 15 heavy (non-hydrogen) atoms. The lowest BCUT2D eigenvalue weighted by Gasteiger charge is -2.08. The molecule has 7 heteroatoms. The number of aliphatic carboxylic acids is 1. The minimum absolute atomic E-state index is 0.239. The molecule has 0 aliphatic rings. The van der Waals surface area contributed by atoms with E-state index in [0.717, 1.165) is 0 Å². The number of anilines is 1. The minimum atomic E-state index is -1.13. The Kier molecular flexibility index (Phi) is 3.69. The predicted molar refractivity (Wildman–Crippen MR) is 50.9 cm³/mol. The van der Waals surface area contributed by atoms with E-state index in [1.165, 1.54) is 18.6 Å². The van der Waals surface area contributed by atoms with Gasteiger partial charge < -0.3 is 16.2 Å². The molecular formula is C8H10N4O3. The second-order valence-electron chi connectivity index (χ2n) is 2.78. The molecule has 1 unspecified atom stereocenters. The maximum Gasteiger partial charge on any atom is 0.305 e. The molecule has 0 bridgehead atoms. The minimum Gasteiger partial charge on any atom is -0.481 e. The van der Waals surface area contributed by atoms with Gasteiger partial charge in [-0.25, -0.2) is 4.98 Å². The van der Waals surface area contributed by atoms with Gasteiger partial charge in [0.1, 0.15) is 0 Å². The van der Waals surface area contributed by atoms with Crippen LogP contribution in [0.25, 0.3) is 0 Å². The molecular weight excluding hydrogens is 200 g/mol. The van der Waals surface area contributed by atoms with Crippen LogP contribution in [-0.2, 0) is 9.59 Å². The standard InChI is InChI=1S/C8H10N4O3/c9-5(3-7(13)14)8(15)12-6-4-10-1-2-11-6/h1-2,4-5H,3,9H2,(H,13,14)(H,11,12,15). The second kappa shape index (κ2) is 5.01. The fourth-order valence-electron chi connectivity index (χ4n) is 0.863. The second-order valence-corrected chi connectivity index (χ2v) is 2.78. The third-order valence-corrected chi connectivity index (χ3v) is 1.55. The number of rotatable bonds is 4. The number of hydrogen-bond acceptors (Lipinski definition) is 5. The number of aromatic nitrogens is 2. The summed E-state index contributed by atoms with van der Waals surface area (Å²) in [5, 5.41) is 10.8. The molecule has 0 aliphatic carbocycles. The first-order chi connectivity index (χ1) is 7.09. The summed E-state index contributed by atoms with van der Waals surface area (Å²) in [6, 6.07) is -1.09. The van der Waals surface area contributed by atoms with Crippen LogP contribution >= 0.6 is 0 Å². The quantitative estimate of drug-likeness (QED) is 0.599. The summed E-state index contributed by atoms with van der Waals surface area (Å²) in [7, 11) is 0. The number of carboxylic acid groups (broad SMARTS) is 1. The van der Waals surface area contributed by atoms with Crippen LogP contribution in [0.2, 0.25) is 0 Å². The number of hydrogen-bond donors (Lipinski definition) is 3. The maximum absolute atomic E-state index is 11.3. The van der Waals surface area contributed by atoms with E-state index < -0.39 is 24.3 Å². The number of nitrogens with two attached hydrogens (primary N) is 1. The Morgan fingerprint density at radius 3 is 2.80 bits per heavy atom. The van der Waals surface area contributed by atoms with E-state index in [4.69, 9.17) is 10.8 Å². The zero-order chi connectivity index (χ0) is 11.3. The highest BCUT2D eigenvalue weighted by Crippen LogP contribution is 1.99. The van der Waals surface area contributed by atoms with E-state index in [1.54, 1.807) is 0 Å². The molecule has 1 atom stereocenters. The van der Waals surface area contributed by atoms with Crippen molar-refractivity contribution < 1.29 is 14.7 Å². The molecule has 1 heterocycles. The van der Waals surface area contributed by atoms with E-state index >= 15 is 0 Å². The highest BCUT2D eigenvalue weighted by molar-refractivity contribution is 5.95. The van der Waals surface area contributed by atoms with Crippen molar-refractivity contribution in [2.75, 3.05) is 5.32 Å². The van der Waals surface area contributed by atoms with Crippen molar-refractivity contribution in [3.63, 3.8) is 0 Å². The van der Waals surface area contributed by atoms with Crippen LogP contribution in [0.15, 0.2) is 18.6 Å². The fraction of sp³-hybridized carbons (Fsp3) is 0.250. The summed E-state index contributed by atoms with van der Waals surface area (Å²) in [6.07, 6.45) is 3.77. The van der Waals surface area contributed by atoms with Gasteiger partial charge in [-0.1, -0.05) is 0 Å². The average molecular weight is 210 g/mol. The van der Waals surface area contributed by atoms with E-state index in [0.29, 0.717) is 0 Å². The SMILES string of the molecule is NC(CC(=O)O)C(=O)Nc1cnccn1. The van der Waals surface area contributed by atoms with Crippen LogP contribution in [0.5, 0.6) is 0 Å². The van der Waals surface area contributed by atoms with Crippen molar-refractivity contribution in [2.45, 2.75) is 12.5 Å². The molecule has 7 nitrogen and oxygen atoms in total. The predicted octanol–water partition coefficient (Wildman–Crippen LogP) is -0.783. The van der Waals surface area contributed by atoms with Crippen LogP contribution in [0, 0.1) is 0 Å². The zero-order valence-corrected chi connectivity index (χ0v) is 7.75. The molecule has 1 aromatic heterocycles. The lowest BCUT2D eigenvalue weighted by Crippen LogP contribution is -2.37. The number of nitrogens with one attached hydrogen (secondary N) is 1. The molecule has 0 spiro atoms. The highest BCUT2D eigenvalue weighted by atomic mass is 16.4. The molecule has 0 saturated carbocycles. The number of carboxylic acids is 1. The van der Waals surface area contributed by atoms with Crippen LogP contribution in [0.1, 0.15) is 6.42 Å². The van der Waals surface area contributed by atoms with Gasteiger partial charge in [-0.3, -0.25) is 14.6 Å². The van der Waals surface area contributed by atoms with Crippen molar-refractivity contribution in [3.8, 4) is 0 Å². The Morgan fingerprint density at radius 2 is 2.27 bits per heavy atom. The molecule has 0 aromatic carbocycles. The summed E-state index contributed by atoms with van der Waals surface area (Å²) in [4.78, 5) is 29.1. The first-order valence-electron chi connectivity index (χ1n) is 4.14. The van der Waals surface area contributed by atoms with Crippen LogP contribution < -0.4 is 11.1 Å². The highest BCUT2D eigenvalue weighted by Gasteiger charge is 2.17. The van der Waals surface area contributed by atoms with Gasteiger partial charge in [0.2, 0.25) is 5.91 Å². The molecule has 0 fully saturated rings. The van der Waals surface area contributed by atoms with Crippen LogP contribution in [0.3, 0.4) is 0 Å². The number of amides is 1. The number of nitrogens with zero attached hydrogens (tertiary/aromatic N) is 2. The van der Waals surface area contributed by atoms with Crippen LogP contribution in [-0.4, -0.2) is 33.0 Å². The lowest BCUT2D eigenvalue weighted by molar-refractivity contribution is -0.138. The Morgan fingerprint density at radius 1 is 1.53 bits per heavy atom. The summed E-state index contributed by atoms with van der Waals surface area (Å²) in [5.74, 6) is -1.49. The first kappa shape index (κ1) is 11.1. The summed E-state index contributed by atoms with van der Waals surface area (Å²) < 4.78 is 0. The van der Waals surface area contributed by atoms with E-state index in [9.17, 15) is 9.59 Å². The van der Waals surface area contributed by atoms with E-state index in [-0.39, 0.29) is 5.82 Å². The maximum atomic E-state index is 11.3. The van der Waals surface area contributed by atoms with Crippen molar-refractivity contribution >= 4 is 17.7 Å². The topological polar surface area (TPSA) is 118 Å². The third kappa shape index (κ3) is 3.69. The average Bonchev–Trinajstić information content (AvgIpc) is 2.18. The van der Waals surface area contributed by atoms with Gasteiger partial charge >= 0.3 is 5.97 Å². The van der Waals surface area contributed by atoms with Gasteiger partial charge in [0.15, 0.2) is 5.82 Å². The normalized spacial score (nSPS) is 11.8. The van der Waals surface area contributed by atoms with Crippen molar-refractivity contribution in [1.82, 2.24) is 9.97 Å². The van der Waals surface area contributed by atoms with Crippen LogP contribution in [0.4, 0.5) is 5.82 Å².